The number of methoxy groups -OCH3 is 1. The number of benzene rings is 2. The van der Waals surface area contributed by atoms with E-state index >= 15 is 0 Å². The summed E-state index contributed by atoms with van der Waals surface area (Å²) >= 11 is 3.41. The van der Waals surface area contributed by atoms with Crippen molar-refractivity contribution in [2.75, 3.05) is 13.7 Å². The molecule has 0 aromatic heterocycles. The first-order valence-electron chi connectivity index (χ1n) is 8.14. The first kappa shape index (κ1) is 21.1. The van der Waals surface area contributed by atoms with Gasteiger partial charge in [0.15, 0.2) is 6.61 Å². The Kier molecular flexibility index (Phi) is 7.53. The van der Waals surface area contributed by atoms with Gasteiger partial charge in [0.05, 0.1) is 11.6 Å². The molecule has 0 fully saturated rings. The van der Waals surface area contributed by atoms with E-state index in [4.69, 9.17) is 4.74 Å². The SMILES string of the molecule is COc1ccc(CCC(=O)NCc2ccc(OCC(F)(F)F)cc2)cc1Br. The Hall–Kier alpha value is -2.22. The number of aryl methyl sites for hydroxylation is 1. The van der Waals surface area contributed by atoms with Crippen LogP contribution in [-0.2, 0) is 17.8 Å². The Morgan fingerprint density at radius 2 is 1.78 bits per heavy atom. The molecule has 146 valence electrons. The van der Waals surface area contributed by atoms with Crippen molar-refractivity contribution in [3.8, 4) is 11.5 Å². The molecule has 0 atom stereocenters. The summed E-state index contributed by atoms with van der Waals surface area (Å²) in [5.41, 5.74) is 1.78. The van der Waals surface area contributed by atoms with E-state index in [9.17, 15) is 18.0 Å². The number of hydrogen-bond donors (Lipinski definition) is 1. The van der Waals surface area contributed by atoms with Gasteiger partial charge in [-0.3, -0.25) is 4.79 Å². The van der Waals surface area contributed by atoms with Crippen molar-refractivity contribution in [1.82, 2.24) is 5.32 Å². The zero-order valence-electron chi connectivity index (χ0n) is 14.6. The van der Waals surface area contributed by atoms with Crippen molar-refractivity contribution >= 4 is 21.8 Å². The minimum absolute atomic E-state index is 0.112. The van der Waals surface area contributed by atoms with Crippen LogP contribution < -0.4 is 14.8 Å². The van der Waals surface area contributed by atoms with Crippen LogP contribution in [0, 0.1) is 0 Å². The quantitative estimate of drug-likeness (QED) is 0.643. The molecule has 2 aromatic carbocycles. The van der Waals surface area contributed by atoms with Crippen LogP contribution in [0.2, 0.25) is 0 Å². The Balaban J connectivity index is 1.76. The second kappa shape index (κ2) is 9.64. The summed E-state index contributed by atoms with van der Waals surface area (Å²) in [6.07, 6.45) is -3.46. The fraction of sp³-hybridized carbons (Fsp3) is 0.316. The van der Waals surface area contributed by atoms with Crippen LogP contribution in [0.4, 0.5) is 13.2 Å². The fourth-order valence-corrected chi connectivity index (χ4v) is 2.87. The summed E-state index contributed by atoms with van der Waals surface area (Å²) in [4.78, 5) is 12.0. The van der Waals surface area contributed by atoms with Gasteiger partial charge in [-0.25, -0.2) is 0 Å². The van der Waals surface area contributed by atoms with Crippen molar-refractivity contribution in [2.24, 2.45) is 0 Å². The number of ether oxygens (including phenoxy) is 2. The van der Waals surface area contributed by atoms with Crippen molar-refractivity contribution in [2.45, 2.75) is 25.6 Å². The summed E-state index contributed by atoms with van der Waals surface area (Å²) in [7, 11) is 1.59. The van der Waals surface area contributed by atoms with E-state index in [1.807, 2.05) is 18.2 Å². The average Bonchev–Trinajstić information content (AvgIpc) is 2.63. The highest BCUT2D eigenvalue weighted by molar-refractivity contribution is 9.10. The molecule has 0 saturated heterocycles. The zero-order chi connectivity index (χ0) is 19.9. The van der Waals surface area contributed by atoms with Crippen molar-refractivity contribution in [3.63, 3.8) is 0 Å². The van der Waals surface area contributed by atoms with Crippen molar-refractivity contribution in [3.05, 3.63) is 58.1 Å². The molecule has 0 spiro atoms. The molecule has 8 heteroatoms. The van der Waals surface area contributed by atoms with Gasteiger partial charge in [0.1, 0.15) is 11.5 Å². The van der Waals surface area contributed by atoms with Gasteiger partial charge in [0.25, 0.3) is 0 Å². The monoisotopic (exact) mass is 445 g/mol. The molecule has 4 nitrogen and oxygen atoms in total. The van der Waals surface area contributed by atoms with Gasteiger partial charge in [-0.2, -0.15) is 13.2 Å². The van der Waals surface area contributed by atoms with E-state index in [0.717, 1.165) is 21.3 Å². The number of halogens is 4. The molecule has 0 aliphatic heterocycles. The van der Waals surface area contributed by atoms with Gasteiger partial charge >= 0.3 is 6.18 Å². The van der Waals surface area contributed by atoms with E-state index in [1.54, 1.807) is 19.2 Å². The molecule has 0 bridgehead atoms. The average molecular weight is 446 g/mol. The van der Waals surface area contributed by atoms with E-state index < -0.39 is 12.8 Å². The molecule has 0 unspecified atom stereocenters. The van der Waals surface area contributed by atoms with Crippen LogP contribution in [0.5, 0.6) is 11.5 Å². The molecule has 0 saturated carbocycles. The lowest BCUT2D eigenvalue weighted by atomic mass is 10.1. The summed E-state index contributed by atoms with van der Waals surface area (Å²) in [6.45, 7) is -1.03. The predicted octanol–water partition coefficient (Wildman–Crippen LogP) is 4.65. The summed E-state index contributed by atoms with van der Waals surface area (Å²) in [6, 6.07) is 11.8. The molecule has 1 amide bonds. The maximum absolute atomic E-state index is 12.1. The molecule has 0 aliphatic rings. The number of carbonyl (C=O) groups excluding carboxylic acids is 1. The molecule has 0 aliphatic carbocycles. The summed E-state index contributed by atoms with van der Waals surface area (Å²) in [5.74, 6) is 0.748. The Labute approximate surface area is 163 Å². The summed E-state index contributed by atoms with van der Waals surface area (Å²) < 4.78 is 46.9. The Morgan fingerprint density at radius 3 is 2.37 bits per heavy atom. The minimum atomic E-state index is -4.37. The normalized spacial score (nSPS) is 11.1. The van der Waals surface area contributed by atoms with Crippen LogP contribution >= 0.6 is 15.9 Å². The number of carbonyl (C=O) groups is 1. The second-order valence-electron chi connectivity index (χ2n) is 5.79. The maximum Gasteiger partial charge on any atom is 0.422 e. The first-order valence-corrected chi connectivity index (χ1v) is 8.94. The van der Waals surface area contributed by atoms with Crippen LogP contribution in [-0.4, -0.2) is 25.8 Å². The van der Waals surface area contributed by atoms with Crippen molar-refractivity contribution < 1.29 is 27.4 Å². The van der Waals surface area contributed by atoms with Gasteiger partial charge in [0.2, 0.25) is 5.91 Å². The fourth-order valence-electron chi connectivity index (χ4n) is 2.28. The van der Waals surface area contributed by atoms with Crippen molar-refractivity contribution in [1.29, 1.82) is 0 Å². The lowest BCUT2D eigenvalue weighted by molar-refractivity contribution is -0.153. The standard InChI is InChI=1S/C19H19BrF3NO3/c1-26-17-8-4-13(10-16(17)20)5-9-18(25)24-11-14-2-6-15(7-3-14)27-12-19(21,22)23/h2-4,6-8,10H,5,9,11-12H2,1H3,(H,24,25). The Morgan fingerprint density at radius 1 is 1.11 bits per heavy atom. The predicted molar refractivity (Wildman–Crippen MR) is 98.9 cm³/mol. The van der Waals surface area contributed by atoms with Gasteiger partial charge in [-0.05, 0) is 57.7 Å². The van der Waals surface area contributed by atoms with E-state index in [2.05, 4.69) is 26.0 Å². The highest BCUT2D eigenvalue weighted by Crippen LogP contribution is 2.26. The highest BCUT2D eigenvalue weighted by atomic mass is 79.9. The van der Waals surface area contributed by atoms with Gasteiger partial charge in [-0.15, -0.1) is 0 Å². The van der Waals surface area contributed by atoms with Crippen LogP contribution in [0.15, 0.2) is 46.9 Å². The van der Waals surface area contributed by atoms with Gasteiger partial charge in [0, 0.05) is 13.0 Å². The molecule has 1 N–H and O–H groups in total. The third kappa shape index (κ3) is 7.50. The molecule has 27 heavy (non-hydrogen) atoms. The molecular formula is C19H19BrF3NO3. The molecular weight excluding hydrogens is 427 g/mol. The Bertz CT molecular complexity index is 764. The number of alkyl halides is 3. The molecule has 2 rings (SSSR count). The zero-order valence-corrected chi connectivity index (χ0v) is 16.2. The second-order valence-corrected chi connectivity index (χ2v) is 6.65. The molecule has 0 radical (unpaired) electrons. The van der Waals surface area contributed by atoms with Crippen LogP contribution in [0.25, 0.3) is 0 Å². The lowest BCUT2D eigenvalue weighted by Gasteiger charge is -2.10. The number of nitrogens with one attached hydrogen (secondary N) is 1. The molecule has 2 aromatic rings. The van der Waals surface area contributed by atoms with E-state index in [1.165, 1.54) is 12.1 Å². The van der Waals surface area contributed by atoms with E-state index in [0.29, 0.717) is 19.4 Å². The third-order valence-corrected chi connectivity index (χ3v) is 4.29. The van der Waals surface area contributed by atoms with Crippen LogP contribution in [0.1, 0.15) is 17.5 Å². The number of amides is 1. The minimum Gasteiger partial charge on any atom is -0.496 e. The third-order valence-electron chi connectivity index (χ3n) is 3.67. The number of rotatable bonds is 8. The largest absolute Gasteiger partial charge is 0.496 e. The smallest absolute Gasteiger partial charge is 0.422 e. The first-order chi connectivity index (χ1) is 12.8. The molecule has 0 heterocycles. The van der Waals surface area contributed by atoms with Gasteiger partial charge in [-0.1, -0.05) is 18.2 Å². The maximum atomic E-state index is 12.1. The lowest BCUT2D eigenvalue weighted by Crippen LogP contribution is -2.23. The van der Waals surface area contributed by atoms with Gasteiger partial charge < -0.3 is 14.8 Å². The van der Waals surface area contributed by atoms with Crippen LogP contribution in [0.3, 0.4) is 0 Å². The highest BCUT2D eigenvalue weighted by Gasteiger charge is 2.28. The topological polar surface area (TPSA) is 47.6 Å². The number of hydrogen-bond acceptors (Lipinski definition) is 3. The summed E-state index contributed by atoms with van der Waals surface area (Å²) in [5, 5.41) is 2.79. The van der Waals surface area contributed by atoms with E-state index in [-0.39, 0.29) is 11.7 Å².